The minimum Gasteiger partial charge on any atom is -0.465 e. The van der Waals surface area contributed by atoms with Crippen LogP contribution in [0.5, 0.6) is 0 Å². The molecule has 0 unspecified atom stereocenters. The van der Waals surface area contributed by atoms with Crippen molar-refractivity contribution in [2.45, 2.75) is 6.61 Å². The minimum absolute atomic E-state index is 0.0292. The predicted octanol–water partition coefficient (Wildman–Crippen LogP) is 0.371. The van der Waals surface area contributed by atoms with E-state index < -0.39 is 5.97 Å². The molecular weight excluding hydrogens is 176 g/mol. The second kappa shape index (κ2) is 3.86. The molecule has 0 spiro atoms. The van der Waals surface area contributed by atoms with Crippen LogP contribution in [0.4, 0.5) is 0 Å². The lowest BCUT2D eigenvalue weighted by atomic mass is 10.2. The third-order valence-corrected chi connectivity index (χ3v) is 1.48. The molecule has 0 aromatic carbocycles. The molecule has 0 atom stereocenters. The Balaban J connectivity index is 3.10. The van der Waals surface area contributed by atoms with Crippen molar-refractivity contribution in [3.05, 3.63) is 23.2 Å². The van der Waals surface area contributed by atoms with Gasteiger partial charge in [-0.05, 0) is 6.07 Å². The molecule has 0 amide bonds. The molecule has 1 rings (SSSR count). The van der Waals surface area contributed by atoms with Crippen LogP contribution in [0.2, 0.25) is 0 Å². The van der Waals surface area contributed by atoms with Crippen LogP contribution in [-0.2, 0) is 11.3 Å². The van der Waals surface area contributed by atoms with Gasteiger partial charge in [0, 0.05) is 0 Å². The van der Waals surface area contributed by atoms with Gasteiger partial charge in [-0.1, -0.05) is 0 Å². The molecule has 1 N–H and O–H groups in total. The Bertz CT molecular complexity index is 325. The fraction of sp³-hybridized carbons (Fsp3) is 0.250. The summed E-state index contributed by atoms with van der Waals surface area (Å²) in [5.41, 5.74) is 0.0292. The van der Waals surface area contributed by atoms with Gasteiger partial charge in [-0.15, -0.1) is 0 Å². The SMILES string of the molecule is COC(=O)c1cc(CO)oc1C=O. The summed E-state index contributed by atoms with van der Waals surface area (Å²) in [5.74, 6) is -0.635. The lowest BCUT2D eigenvalue weighted by molar-refractivity contribution is 0.0597. The third-order valence-electron chi connectivity index (χ3n) is 1.48. The fourth-order valence-electron chi connectivity index (χ4n) is 0.893. The van der Waals surface area contributed by atoms with Crippen LogP contribution in [0, 0.1) is 0 Å². The van der Waals surface area contributed by atoms with Crippen molar-refractivity contribution in [2.75, 3.05) is 7.11 Å². The van der Waals surface area contributed by atoms with E-state index in [2.05, 4.69) is 4.74 Å². The average molecular weight is 184 g/mol. The number of aliphatic hydroxyl groups excluding tert-OH is 1. The van der Waals surface area contributed by atoms with Gasteiger partial charge in [-0.2, -0.15) is 0 Å². The van der Waals surface area contributed by atoms with Gasteiger partial charge in [0.1, 0.15) is 17.9 Å². The topological polar surface area (TPSA) is 76.7 Å². The second-order valence-electron chi connectivity index (χ2n) is 2.26. The van der Waals surface area contributed by atoms with Gasteiger partial charge in [0.2, 0.25) is 0 Å². The molecule has 0 aliphatic carbocycles. The van der Waals surface area contributed by atoms with Crippen molar-refractivity contribution < 1.29 is 23.8 Å². The summed E-state index contributed by atoms with van der Waals surface area (Å²) in [6.07, 6.45) is 0.394. The lowest BCUT2D eigenvalue weighted by Gasteiger charge is -1.92. The molecule has 5 heteroatoms. The van der Waals surface area contributed by atoms with E-state index >= 15 is 0 Å². The normalized spacial score (nSPS) is 9.69. The number of hydrogen-bond acceptors (Lipinski definition) is 5. The zero-order valence-electron chi connectivity index (χ0n) is 6.94. The molecule has 0 saturated heterocycles. The summed E-state index contributed by atoms with van der Waals surface area (Å²) < 4.78 is 9.21. The Kier molecular flexibility index (Phi) is 2.81. The van der Waals surface area contributed by atoms with Gasteiger partial charge in [0.15, 0.2) is 12.0 Å². The molecular formula is C8H8O5. The summed E-state index contributed by atoms with van der Waals surface area (Å²) in [7, 11) is 1.20. The van der Waals surface area contributed by atoms with Crippen molar-refractivity contribution in [3.8, 4) is 0 Å². The molecule has 0 bridgehead atoms. The molecule has 13 heavy (non-hydrogen) atoms. The number of furan rings is 1. The Labute approximate surface area is 73.9 Å². The van der Waals surface area contributed by atoms with Gasteiger partial charge in [-0.3, -0.25) is 4.79 Å². The number of ether oxygens (including phenoxy) is 1. The van der Waals surface area contributed by atoms with Crippen LogP contribution in [0.1, 0.15) is 26.7 Å². The molecule has 0 aliphatic heterocycles. The quantitative estimate of drug-likeness (QED) is 0.542. The number of carbonyl (C=O) groups excluding carboxylic acids is 2. The maximum atomic E-state index is 11.0. The number of hydrogen-bond donors (Lipinski definition) is 1. The molecule has 70 valence electrons. The van der Waals surface area contributed by atoms with Gasteiger partial charge < -0.3 is 14.3 Å². The highest BCUT2D eigenvalue weighted by atomic mass is 16.5. The molecule has 1 aromatic heterocycles. The van der Waals surface area contributed by atoms with E-state index in [-0.39, 0.29) is 23.7 Å². The molecule has 0 fully saturated rings. The summed E-state index contributed by atoms with van der Waals surface area (Å²) >= 11 is 0. The summed E-state index contributed by atoms with van der Waals surface area (Å²) in [6.45, 7) is -0.363. The smallest absolute Gasteiger partial charge is 0.341 e. The number of aldehydes is 1. The van der Waals surface area contributed by atoms with E-state index in [1.165, 1.54) is 13.2 Å². The molecule has 1 aromatic rings. The van der Waals surface area contributed by atoms with Crippen LogP contribution >= 0.6 is 0 Å². The summed E-state index contributed by atoms with van der Waals surface area (Å²) in [4.78, 5) is 21.4. The van der Waals surface area contributed by atoms with Crippen LogP contribution in [0.25, 0.3) is 0 Å². The van der Waals surface area contributed by atoms with Crippen LogP contribution in [0.3, 0.4) is 0 Å². The van der Waals surface area contributed by atoms with E-state index in [1.807, 2.05) is 0 Å². The number of aliphatic hydroxyl groups is 1. The predicted molar refractivity (Wildman–Crippen MR) is 41.4 cm³/mol. The second-order valence-corrected chi connectivity index (χ2v) is 2.26. The zero-order valence-corrected chi connectivity index (χ0v) is 6.94. The molecule has 0 aliphatic rings. The number of methoxy groups -OCH3 is 1. The summed E-state index contributed by atoms with van der Waals surface area (Å²) in [6, 6.07) is 1.27. The van der Waals surface area contributed by atoms with Crippen molar-refractivity contribution in [1.82, 2.24) is 0 Å². The van der Waals surface area contributed by atoms with Crippen LogP contribution < -0.4 is 0 Å². The maximum absolute atomic E-state index is 11.0. The molecule has 1 heterocycles. The highest BCUT2D eigenvalue weighted by Gasteiger charge is 2.17. The molecule has 0 saturated carbocycles. The summed E-state index contributed by atoms with van der Waals surface area (Å²) in [5, 5.41) is 8.66. The van der Waals surface area contributed by atoms with E-state index in [4.69, 9.17) is 9.52 Å². The first kappa shape index (κ1) is 9.47. The zero-order chi connectivity index (χ0) is 9.84. The Morgan fingerprint density at radius 1 is 1.77 bits per heavy atom. The van der Waals surface area contributed by atoms with Crippen molar-refractivity contribution in [2.24, 2.45) is 0 Å². The van der Waals surface area contributed by atoms with Crippen LogP contribution in [0.15, 0.2) is 10.5 Å². The first-order valence-corrected chi connectivity index (χ1v) is 3.50. The molecule has 0 radical (unpaired) electrons. The highest BCUT2D eigenvalue weighted by Crippen LogP contribution is 2.14. The van der Waals surface area contributed by atoms with Crippen molar-refractivity contribution >= 4 is 12.3 Å². The van der Waals surface area contributed by atoms with E-state index in [0.717, 1.165) is 0 Å². The van der Waals surface area contributed by atoms with Crippen molar-refractivity contribution in [1.29, 1.82) is 0 Å². The number of carbonyl (C=O) groups is 2. The number of rotatable bonds is 3. The standard InChI is InChI=1S/C8H8O5/c1-12-8(11)6-2-5(3-9)13-7(6)4-10/h2,4,9H,3H2,1H3. The van der Waals surface area contributed by atoms with Gasteiger partial charge in [0.05, 0.1) is 7.11 Å². The monoisotopic (exact) mass is 184 g/mol. The van der Waals surface area contributed by atoms with Gasteiger partial charge >= 0.3 is 5.97 Å². The van der Waals surface area contributed by atoms with Crippen molar-refractivity contribution in [3.63, 3.8) is 0 Å². The first-order valence-electron chi connectivity index (χ1n) is 3.50. The molecule has 5 nitrogen and oxygen atoms in total. The Morgan fingerprint density at radius 3 is 2.92 bits per heavy atom. The lowest BCUT2D eigenvalue weighted by Crippen LogP contribution is -2.02. The van der Waals surface area contributed by atoms with E-state index in [0.29, 0.717) is 6.29 Å². The number of esters is 1. The Morgan fingerprint density at radius 2 is 2.46 bits per heavy atom. The van der Waals surface area contributed by atoms with Crippen LogP contribution in [-0.4, -0.2) is 24.5 Å². The average Bonchev–Trinajstić information content (AvgIpc) is 2.59. The third kappa shape index (κ3) is 1.75. The van der Waals surface area contributed by atoms with E-state index in [1.54, 1.807) is 0 Å². The van der Waals surface area contributed by atoms with Gasteiger partial charge in [0.25, 0.3) is 0 Å². The van der Waals surface area contributed by atoms with Gasteiger partial charge in [-0.25, -0.2) is 4.79 Å². The fourth-order valence-corrected chi connectivity index (χ4v) is 0.893. The van der Waals surface area contributed by atoms with E-state index in [9.17, 15) is 9.59 Å². The minimum atomic E-state index is -0.662. The largest absolute Gasteiger partial charge is 0.465 e. The highest BCUT2D eigenvalue weighted by molar-refractivity contribution is 5.96. The first-order chi connectivity index (χ1) is 6.22. The maximum Gasteiger partial charge on any atom is 0.341 e. The Hall–Kier alpha value is -1.62.